The van der Waals surface area contributed by atoms with Crippen molar-refractivity contribution in [3.63, 3.8) is 0 Å². The van der Waals surface area contributed by atoms with Gasteiger partial charge in [-0.3, -0.25) is 9.69 Å². The number of β-amino-alcohol motifs (C(OH)–C–C–N with tert-alkyl or cyclic N) is 1. The minimum absolute atomic E-state index is 0.130. The van der Waals surface area contributed by atoms with Gasteiger partial charge in [-0.25, -0.2) is 0 Å². The zero-order valence-corrected chi connectivity index (χ0v) is 13.4. The third-order valence-corrected chi connectivity index (χ3v) is 5.31. The highest BCUT2D eigenvalue weighted by atomic mass is 35.5. The molecule has 0 unspecified atom stereocenters. The van der Waals surface area contributed by atoms with Crippen molar-refractivity contribution >= 4 is 28.8 Å². The van der Waals surface area contributed by atoms with Crippen molar-refractivity contribution < 1.29 is 9.90 Å². The lowest BCUT2D eigenvalue weighted by Crippen LogP contribution is -2.52. The van der Waals surface area contributed by atoms with E-state index in [1.54, 1.807) is 11.3 Å². The predicted octanol–water partition coefficient (Wildman–Crippen LogP) is 0.769. The molecule has 0 bridgehead atoms. The fraction of sp³-hybridized carbons (Fsp3) is 0.643. The fourth-order valence-electron chi connectivity index (χ4n) is 2.91. The lowest BCUT2D eigenvalue weighted by molar-refractivity contribution is -0.135. The second kappa shape index (κ2) is 6.62. The Morgan fingerprint density at radius 2 is 2.14 bits per heavy atom. The van der Waals surface area contributed by atoms with Crippen molar-refractivity contribution in [3.05, 3.63) is 21.3 Å². The quantitative estimate of drug-likeness (QED) is 0.860. The summed E-state index contributed by atoms with van der Waals surface area (Å²) in [5.74, 6) is 0.130. The van der Waals surface area contributed by atoms with E-state index in [2.05, 4.69) is 16.3 Å². The highest BCUT2D eigenvalue weighted by Gasteiger charge is 2.32. The average molecular weight is 330 g/mol. The maximum Gasteiger partial charge on any atom is 0.239 e. The number of thiophene rings is 1. The molecule has 0 aliphatic carbocycles. The van der Waals surface area contributed by atoms with Gasteiger partial charge in [-0.1, -0.05) is 11.6 Å². The van der Waals surface area contributed by atoms with Crippen LogP contribution in [0.15, 0.2) is 12.1 Å². The molecule has 1 aromatic rings. The number of piperazine rings is 1. The number of rotatable bonds is 3. The van der Waals surface area contributed by atoms with Crippen LogP contribution >= 0.6 is 22.9 Å². The summed E-state index contributed by atoms with van der Waals surface area (Å²) >= 11 is 7.56. The van der Waals surface area contributed by atoms with Gasteiger partial charge in [-0.05, 0) is 18.6 Å². The van der Waals surface area contributed by atoms with Crippen molar-refractivity contribution in [1.29, 1.82) is 0 Å². The number of carbonyl (C=O) groups excluding carboxylic acids is 1. The minimum atomic E-state index is -0.385. The topological polar surface area (TPSA) is 55.8 Å². The molecule has 2 N–H and O–H groups in total. The van der Waals surface area contributed by atoms with Crippen LogP contribution in [0.3, 0.4) is 0 Å². The van der Waals surface area contributed by atoms with Crippen molar-refractivity contribution in [3.8, 4) is 0 Å². The van der Waals surface area contributed by atoms with Gasteiger partial charge >= 0.3 is 0 Å². The van der Waals surface area contributed by atoms with E-state index in [1.807, 2.05) is 11.0 Å². The largest absolute Gasteiger partial charge is 0.392 e. The minimum Gasteiger partial charge on any atom is -0.392 e. The van der Waals surface area contributed by atoms with Crippen LogP contribution in [0.1, 0.15) is 11.3 Å². The molecule has 3 heterocycles. The molecule has 2 atom stereocenters. The third kappa shape index (κ3) is 3.76. The van der Waals surface area contributed by atoms with Crippen molar-refractivity contribution in [2.24, 2.45) is 0 Å². The lowest BCUT2D eigenvalue weighted by atomic mass is 10.1. The number of halogens is 1. The van der Waals surface area contributed by atoms with Gasteiger partial charge in [0.05, 0.1) is 16.5 Å². The Bertz CT molecular complexity index is 502. The average Bonchev–Trinajstić information content (AvgIpc) is 3.08. The molecule has 2 saturated heterocycles. The first-order valence-electron chi connectivity index (χ1n) is 7.28. The molecular formula is C14H20ClN3O2S. The monoisotopic (exact) mass is 329 g/mol. The SMILES string of the molecule is O=C([C@@H]1C[C@H](O)CN1)N1CCN(Cc2ccc(Cl)s2)CC1. The van der Waals surface area contributed by atoms with Crippen LogP contribution in [-0.2, 0) is 11.3 Å². The van der Waals surface area contributed by atoms with E-state index in [9.17, 15) is 9.90 Å². The summed E-state index contributed by atoms with van der Waals surface area (Å²) in [6.45, 7) is 4.71. The van der Waals surface area contributed by atoms with E-state index < -0.39 is 0 Å². The highest BCUT2D eigenvalue weighted by Crippen LogP contribution is 2.23. The molecule has 0 saturated carbocycles. The third-order valence-electron chi connectivity index (χ3n) is 4.10. The van der Waals surface area contributed by atoms with Crippen LogP contribution in [0.2, 0.25) is 4.34 Å². The number of hydrogen-bond acceptors (Lipinski definition) is 5. The molecule has 0 aromatic carbocycles. The van der Waals surface area contributed by atoms with E-state index in [1.165, 1.54) is 4.88 Å². The Hall–Kier alpha value is -0.660. The Labute approximate surface area is 133 Å². The smallest absolute Gasteiger partial charge is 0.239 e. The molecule has 5 nitrogen and oxygen atoms in total. The van der Waals surface area contributed by atoms with E-state index in [0.29, 0.717) is 13.0 Å². The van der Waals surface area contributed by atoms with Gasteiger partial charge in [0, 0.05) is 44.1 Å². The first-order valence-corrected chi connectivity index (χ1v) is 8.48. The van der Waals surface area contributed by atoms with Crippen LogP contribution in [0.5, 0.6) is 0 Å². The number of nitrogens with zero attached hydrogens (tertiary/aromatic N) is 2. The molecule has 2 aliphatic heterocycles. The van der Waals surface area contributed by atoms with Gasteiger partial charge in [0.1, 0.15) is 0 Å². The van der Waals surface area contributed by atoms with Crippen LogP contribution in [0.25, 0.3) is 0 Å². The number of nitrogens with one attached hydrogen (secondary N) is 1. The molecular weight excluding hydrogens is 310 g/mol. The molecule has 1 aromatic heterocycles. The molecule has 116 valence electrons. The number of hydrogen-bond donors (Lipinski definition) is 2. The lowest BCUT2D eigenvalue weighted by Gasteiger charge is -2.35. The molecule has 2 fully saturated rings. The summed E-state index contributed by atoms with van der Waals surface area (Å²) < 4.78 is 0.824. The summed E-state index contributed by atoms with van der Waals surface area (Å²) in [6.07, 6.45) is 0.149. The number of aliphatic hydroxyl groups excluding tert-OH is 1. The van der Waals surface area contributed by atoms with Gasteiger partial charge < -0.3 is 15.3 Å². The summed E-state index contributed by atoms with van der Waals surface area (Å²) in [4.78, 5) is 17.9. The van der Waals surface area contributed by atoms with Crippen molar-refractivity contribution in [2.45, 2.75) is 25.1 Å². The van der Waals surface area contributed by atoms with Crippen LogP contribution in [-0.4, -0.2) is 65.7 Å². The van der Waals surface area contributed by atoms with Gasteiger partial charge in [0.15, 0.2) is 0 Å². The van der Waals surface area contributed by atoms with E-state index in [4.69, 9.17) is 11.6 Å². The Balaban J connectivity index is 1.47. The molecule has 3 rings (SSSR count). The van der Waals surface area contributed by atoms with Crippen molar-refractivity contribution in [2.75, 3.05) is 32.7 Å². The summed E-state index contributed by atoms with van der Waals surface area (Å²) in [6, 6.07) is 3.79. The molecule has 21 heavy (non-hydrogen) atoms. The molecule has 7 heteroatoms. The van der Waals surface area contributed by atoms with E-state index >= 15 is 0 Å². The molecule has 1 amide bonds. The summed E-state index contributed by atoms with van der Waals surface area (Å²) in [7, 11) is 0. The Morgan fingerprint density at radius 3 is 2.71 bits per heavy atom. The number of aliphatic hydroxyl groups is 1. The van der Waals surface area contributed by atoms with Crippen LogP contribution < -0.4 is 5.32 Å². The number of amides is 1. The van der Waals surface area contributed by atoms with Gasteiger partial charge in [0.25, 0.3) is 0 Å². The second-order valence-corrected chi connectivity index (χ2v) is 7.46. The van der Waals surface area contributed by atoms with Gasteiger partial charge in [-0.15, -0.1) is 11.3 Å². The Morgan fingerprint density at radius 1 is 1.38 bits per heavy atom. The van der Waals surface area contributed by atoms with Gasteiger partial charge in [0.2, 0.25) is 5.91 Å². The molecule has 2 aliphatic rings. The zero-order chi connectivity index (χ0) is 14.8. The summed E-state index contributed by atoms with van der Waals surface area (Å²) in [5, 5.41) is 12.6. The second-order valence-electron chi connectivity index (χ2n) is 5.66. The number of carbonyl (C=O) groups is 1. The predicted molar refractivity (Wildman–Crippen MR) is 83.6 cm³/mol. The standard InChI is InChI=1S/C14H20ClN3O2S/c15-13-2-1-11(21-13)9-17-3-5-18(6-4-17)14(20)12-7-10(19)8-16-12/h1-2,10,12,16,19H,3-9H2/t10-,12-/m0/s1. The fourth-order valence-corrected chi connectivity index (χ4v) is 4.04. The Kier molecular flexibility index (Phi) is 4.81. The maximum atomic E-state index is 12.3. The molecule has 0 radical (unpaired) electrons. The maximum absolute atomic E-state index is 12.3. The first-order chi connectivity index (χ1) is 10.1. The van der Waals surface area contributed by atoms with Crippen molar-refractivity contribution in [1.82, 2.24) is 15.1 Å². The van der Waals surface area contributed by atoms with E-state index in [0.717, 1.165) is 37.1 Å². The van der Waals surface area contributed by atoms with Crippen LogP contribution in [0, 0.1) is 0 Å². The zero-order valence-electron chi connectivity index (χ0n) is 11.8. The van der Waals surface area contributed by atoms with Crippen LogP contribution in [0.4, 0.5) is 0 Å². The summed E-state index contributed by atoms with van der Waals surface area (Å²) in [5.41, 5.74) is 0. The van der Waals surface area contributed by atoms with Gasteiger partial charge in [-0.2, -0.15) is 0 Å². The van der Waals surface area contributed by atoms with E-state index in [-0.39, 0.29) is 18.1 Å². The molecule has 0 spiro atoms. The highest BCUT2D eigenvalue weighted by molar-refractivity contribution is 7.16. The normalized spacial score (nSPS) is 27.2. The first kappa shape index (κ1) is 15.2.